The number of hydrogen-bond acceptors (Lipinski definition) is 6. The van der Waals surface area contributed by atoms with Gasteiger partial charge in [0.2, 0.25) is 0 Å². The summed E-state index contributed by atoms with van der Waals surface area (Å²) in [7, 11) is 0. The molecular weight excluding hydrogens is 459 g/mol. The van der Waals surface area contributed by atoms with E-state index >= 15 is 0 Å². The van der Waals surface area contributed by atoms with Gasteiger partial charge < -0.3 is 19.6 Å². The van der Waals surface area contributed by atoms with Crippen LogP contribution < -0.4 is 4.74 Å². The van der Waals surface area contributed by atoms with Crippen molar-refractivity contribution < 1.29 is 19.0 Å². The Kier molecular flexibility index (Phi) is 7.53. The highest BCUT2D eigenvalue weighted by Crippen LogP contribution is 2.41. The number of benzene rings is 1. The van der Waals surface area contributed by atoms with E-state index in [1.807, 2.05) is 0 Å². The topological polar surface area (TPSA) is 78.8 Å². The smallest absolute Gasteiger partial charge is 0.316 e. The number of hydrogen-bond donors (Lipinski definition) is 1. The summed E-state index contributed by atoms with van der Waals surface area (Å²) in [5.41, 5.74) is 1.81. The van der Waals surface area contributed by atoms with Crippen molar-refractivity contribution in [3.05, 3.63) is 42.0 Å². The quantitative estimate of drug-likeness (QED) is 0.620. The lowest BCUT2D eigenvalue weighted by Crippen LogP contribution is -2.44. The van der Waals surface area contributed by atoms with Gasteiger partial charge in [-0.25, -0.2) is 14.4 Å². The minimum absolute atomic E-state index is 0.0153. The second-order valence-electron chi connectivity index (χ2n) is 11.2. The molecule has 194 valence electrons. The number of nitrogens with zero attached hydrogens (tertiary/aromatic N) is 4. The largest absolute Gasteiger partial charge is 0.463 e. The van der Waals surface area contributed by atoms with Crippen molar-refractivity contribution in [3.63, 3.8) is 0 Å². The molecule has 1 saturated carbocycles. The molecule has 2 aromatic rings. The zero-order valence-corrected chi connectivity index (χ0v) is 21.2. The molecule has 1 atom stereocenters. The second kappa shape index (κ2) is 10.8. The number of carbonyl (C=O) groups is 1. The number of piperidine rings is 2. The molecule has 1 aliphatic carbocycles. The van der Waals surface area contributed by atoms with Gasteiger partial charge in [-0.1, -0.05) is 19.4 Å². The monoisotopic (exact) mass is 496 g/mol. The average molecular weight is 497 g/mol. The lowest BCUT2D eigenvalue weighted by molar-refractivity contribution is 0.0470. The van der Waals surface area contributed by atoms with Gasteiger partial charge in [0.05, 0.1) is 18.3 Å². The first-order chi connectivity index (χ1) is 17.4. The molecule has 3 aliphatic rings. The third-order valence-corrected chi connectivity index (χ3v) is 8.17. The van der Waals surface area contributed by atoms with Crippen LogP contribution in [0.3, 0.4) is 0 Å². The van der Waals surface area contributed by atoms with Gasteiger partial charge in [-0.05, 0) is 80.6 Å². The van der Waals surface area contributed by atoms with Crippen LogP contribution in [0.2, 0.25) is 0 Å². The van der Waals surface area contributed by atoms with E-state index in [0.717, 1.165) is 32.4 Å². The highest BCUT2D eigenvalue weighted by atomic mass is 19.1. The molecule has 0 spiro atoms. The van der Waals surface area contributed by atoms with E-state index in [1.54, 1.807) is 18.5 Å². The van der Waals surface area contributed by atoms with Gasteiger partial charge >= 0.3 is 6.01 Å². The molecule has 0 radical (unpaired) electrons. The Morgan fingerprint density at radius 3 is 2.50 bits per heavy atom. The molecule has 0 unspecified atom stereocenters. The zero-order valence-electron chi connectivity index (χ0n) is 21.2. The Morgan fingerprint density at radius 1 is 1.11 bits per heavy atom. The molecule has 0 bridgehead atoms. The Bertz CT molecular complexity index is 1050. The maximum absolute atomic E-state index is 14.8. The van der Waals surface area contributed by atoms with Crippen molar-refractivity contribution >= 4 is 5.91 Å². The van der Waals surface area contributed by atoms with Gasteiger partial charge in [0.1, 0.15) is 5.82 Å². The summed E-state index contributed by atoms with van der Waals surface area (Å²) in [6, 6.07) is 4.87. The predicted octanol–water partition coefficient (Wildman–Crippen LogP) is 4.16. The lowest BCUT2D eigenvalue weighted by Gasteiger charge is -2.44. The van der Waals surface area contributed by atoms with Gasteiger partial charge in [-0.2, -0.15) is 0 Å². The molecule has 36 heavy (non-hydrogen) atoms. The fourth-order valence-corrected chi connectivity index (χ4v) is 5.70. The Morgan fingerprint density at radius 2 is 1.86 bits per heavy atom. The molecule has 1 aromatic heterocycles. The van der Waals surface area contributed by atoms with Crippen molar-refractivity contribution in [1.29, 1.82) is 0 Å². The van der Waals surface area contributed by atoms with Crippen LogP contribution in [0.4, 0.5) is 4.39 Å². The third-order valence-electron chi connectivity index (χ3n) is 8.17. The van der Waals surface area contributed by atoms with Gasteiger partial charge in [0.25, 0.3) is 5.91 Å². The van der Waals surface area contributed by atoms with E-state index in [0.29, 0.717) is 48.0 Å². The molecule has 1 aromatic carbocycles. The van der Waals surface area contributed by atoms with Crippen LogP contribution in [0.1, 0.15) is 62.2 Å². The molecule has 1 N–H and O–H groups in total. The summed E-state index contributed by atoms with van der Waals surface area (Å²) < 4.78 is 20.7. The highest BCUT2D eigenvalue weighted by Gasteiger charge is 2.34. The van der Waals surface area contributed by atoms with Crippen LogP contribution in [0, 0.1) is 17.2 Å². The minimum atomic E-state index is -0.587. The van der Waals surface area contributed by atoms with Crippen LogP contribution in [0.5, 0.6) is 6.01 Å². The maximum Gasteiger partial charge on any atom is 0.316 e. The first-order valence-electron chi connectivity index (χ1n) is 13.3. The summed E-state index contributed by atoms with van der Waals surface area (Å²) in [5.74, 6) is -0.463. The number of ether oxygens (including phenoxy) is 1. The lowest BCUT2D eigenvalue weighted by atomic mass is 9.70. The zero-order chi connectivity index (χ0) is 25.1. The van der Waals surface area contributed by atoms with Crippen molar-refractivity contribution in [2.75, 3.05) is 39.3 Å². The van der Waals surface area contributed by atoms with Crippen molar-refractivity contribution in [2.24, 2.45) is 11.3 Å². The van der Waals surface area contributed by atoms with E-state index in [-0.39, 0.29) is 18.0 Å². The summed E-state index contributed by atoms with van der Waals surface area (Å²) in [6.07, 6.45) is 10.5. The van der Waals surface area contributed by atoms with Gasteiger partial charge in [-0.15, -0.1) is 0 Å². The minimum Gasteiger partial charge on any atom is -0.463 e. The van der Waals surface area contributed by atoms with Gasteiger partial charge in [0, 0.05) is 37.6 Å². The summed E-state index contributed by atoms with van der Waals surface area (Å²) >= 11 is 0. The normalized spacial score (nSPS) is 22.8. The number of halogens is 1. The number of carbonyl (C=O) groups excluding carboxylic acids is 1. The van der Waals surface area contributed by atoms with Crippen LogP contribution >= 0.6 is 0 Å². The highest BCUT2D eigenvalue weighted by molar-refractivity contribution is 5.95. The molecule has 7 nitrogen and oxygen atoms in total. The predicted molar refractivity (Wildman–Crippen MR) is 135 cm³/mol. The molecule has 3 heterocycles. The first-order valence-corrected chi connectivity index (χ1v) is 13.3. The second-order valence-corrected chi connectivity index (χ2v) is 11.2. The van der Waals surface area contributed by atoms with Gasteiger partial charge in [-0.3, -0.25) is 4.79 Å². The molecular formula is C28H37FN4O3. The summed E-state index contributed by atoms with van der Waals surface area (Å²) in [4.78, 5) is 25.5. The Hall–Kier alpha value is -2.58. The van der Waals surface area contributed by atoms with E-state index < -0.39 is 11.9 Å². The van der Waals surface area contributed by atoms with Gasteiger partial charge in [0.15, 0.2) is 0 Å². The average Bonchev–Trinajstić information content (AvgIpc) is 2.87. The fourth-order valence-electron chi connectivity index (χ4n) is 5.70. The van der Waals surface area contributed by atoms with Crippen molar-refractivity contribution in [1.82, 2.24) is 19.8 Å². The molecule has 5 rings (SSSR count). The van der Waals surface area contributed by atoms with Crippen molar-refractivity contribution in [3.8, 4) is 17.1 Å². The third kappa shape index (κ3) is 5.86. The maximum atomic E-state index is 14.8. The fraction of sp³-hybridized carbons (Fsp3) is 0.607. The van der Waals surface area contributed by atoms with Crippen LogP contribution in [0.25, 0.3) is 11.1 Å². The van der Waals surface area contributed by atoms with E-state index in [2.05, 4.69) is 21.8 Å². The number of aliphatic hydroxyl groups is 1. The number of rotatable bonds is 7. The van der Waals surface area contributed by atoms with E-state index in [1.165, 1.54) is 42.8 Å². The van der Waals surface area contributed by atoms with E-state index in [9.17, 15) is 14.3 Å². The van der Waals surface area contributed by atoms with E-state index in [4.69, 9.17) is 4.74 Å². The molecule has 2 saturated heterocycles. The van der Waals surface area contributed by atoms with Crippen LogP contribution in [-0.4, -0.2) is 76.2 Å². The number of aromatic nitrogens is 2. The molecule has 8 heteroatoms. The number of aliphatic hydroxyl groups excluding tert-OH is 1. The number of amides is 1. The standard InChI is InChI=1S/C28H37FN4O3/c1-28(9-3-10-28)19-32-12-7-20(8-13-32)18-36-27-30-15-22(16-31-27)21-5-6-24(25(29)14-21)26(35)33-11-2-4-23(34)17-33/h5-6,14-16,20,23,34H,2-4,7-13,17-19H2,1H3/t23-/m1/s1. The first kappa shape index (κ1) is 25.1. The molecule has 3 fully saturated rings. The number of likely N-dealkylation sites (tertiary alicyclic amines) is 2. The Balaban J connectivity index is 1.12. The molecule has 2 aliphatic heterocycles. The number of β-amino-alcohol motifs (C(OH)–C–C–N with tert-alkyl or cyclic N) is 1. The molecule has 1 amide bonds. The summed E-state index contributed by atoms with van der Waals surface area (Å²) in [6.45, 7) is 7.29. The van der Waals surface area contributed by atoms with Crippen molar-refractivity contribution in [2.45, 2.75) is 58.0 Å². The SMILES string of the molecule is CC1(CN2CCC(COc3ncc(-c4ccc(C(=O)N5CCC[C@@H](O)C5)c(F)c4)cn3)CC2)CCC1. The van der Waals surface area contributed by atoms with Crippen LogP contribution in [-0.2, 0) is 0 Å². The Labute approximate surface area is 212 Å². The summed E-state index contributed by atoms with van der Waals surface area (Å²) in [5, 5.41) is 9.82. The van der Waals surface area contributed by atoms with Crippen LogP contribution in [0.15, 0.2) is 30.6 Å².